The zero-order chi connectivity index (χ0) is 13.8. The number of hydrogen-bond acceptors (Lipinski definition) is 2. The molecule has 3 nitrogen and oxygen atoms in total. The first-order chi connectivity index (χ1) is 9.06. The van der Waals surface area contributed by atoms with Crippen molar-refractivity contribution >= 4 is 29.1 Å². The average Bonchev–Trinajstić information content (AvgIpc) is 2.85. The second-order valence-electron chi connectivity index (χ2n) is 5.03. The molecule has 0 aliphatic carbocycles. The quantitative estimate of drug-likeness (QED) is 0.897. The van der Waals surface area contributed by atoms with E-state index in [1.807, 2.05) is 13.0 Å². The topological polar surface area (TPSA) is 41.1 Å². The SMILES string of the molecule is CC(NC(=O)CC1CCNC1)c1ccc(Cl)c(Cl)c1. The molecule has 1 aromatic carbocycles. The van der Waals surface area contributed by atoms with E-state index in [0.29, 0.717) is 22.4 Å². The lowest BCUT2D eigenvalue weighted by atomic mass is 10.0. The van der Waals surface area contributed by atoms with Crippen molar-refractivity contribution in [3.63, 3.8) is 0 Å². The molecule has 5 heteroatoms. The summed E-state index contributed by atoms with van der Waals surface area (Å²) in [5, 5.41) is 7.31. The van der Waals surface area contributed by atoms with E-state index in [0.717, 1.165) is 25.1 Å². The molecule has 2 N–H and O–H groups in total. The van der Waals surface area contributed by atoms with Gasteiger partial charge in [0.2, 0.25) is 5.91 Å². The molecule has 19 heavy (non-hydrogen) atoms. The minimum Gasteiger partial charge on any atom is -0.350 e. The molecule has 1 fully saturated rings. The fraction of sp³-hybridized carbons (Fsp3) is 0.500. The summed E-state index contributed by atoms with van der Waals surface area (Å²) in [5.41, 5.74) is 0.965. The molecule has 104 valence electrons. The van der Waals surface area contributed by atoms with Crippen LogP contribution in [0, 0.1) is 5.92 Å². The van der Waals surface area contributed by atoms with E-state index in [1.165, 1.54) is 0 Å². The molecule has 1 amide bonds. The van der Waals surface area contributed by atoms with Crippen molar-refractivity contribution in [3.8, 4) is 0 Å². The molecule has 0 aromatic heterocycles. The Hall–Kier alpha value is -0.770. The Morgan fingerprint density at radius 3 is 2.89 bits per heavy atom. The summed E-state index contributed by atoms with van der Waals surface area (Å²) in [5.74, 6) is 0.549. The summed E-state index contributed by atoms with van der Waals surface area (Å²) in [4.78, 5) is 11.9. The molecule has 2 unspecified atom stereocenters. The molecule has 2 rings (SSSR count). The zero-order valence-electron chi connectivity index (χ0n) is 10.9. The standard InChI is InChI=1S/C14H18Cl2N2O/c1-9(11-2-3-12(15)13(16)7-11)18-14(19)6-10-4-5-17-8-10/h2-3,7,9-10,17H,4-6,8H2,1H3,(H,18,19). The molecule has 1 aromatic rings. The van der Waals surface area contributed by atoms with Gasteiger partial charge >= 0.3 is 0 Å². The van der Waals surface area contributed by atoms with Crippen molar-refractivity contribution in [3.05, 3.63) is 33.8 Å². The lowest BCUT2D eigenvalue weighted by molar-refractivity contribution is -0.122. The predicted octanol–water partition coefficient (Wildman–Crippen LogP) is 3.17. The van der Waals surface area contributed by atoms with Gasteiger partial charge in [-0.05, 0) is 50.0 Å². The fourth-order valence-corrected chi connectivity index (χ4v) is 2.62. The smallest absolute Gasteiger partial charge is 0.220 e. The fourth-order valence-electron chi connectivity index (χ4n) is 2.32. The van der Waals surface area contributed by atoms with E-state index in [4.69, 9.17) is 23.2 Å². The average molecular weight is 301 g/mol. The van der Waals surface area contributed by atoms with E-state index in [-0.39, 0.29) is 11.9 Å². The van der Waals surface area contributed by atoms with Gasteiger partial charge < -0.3 is 10.6 Å². The third-order valence-corrected chi connectivity index (χ3v) is 4.20. The highest BCUT2D eigenvalue weighted by Gasteiger charge is 2.19. The number of amides is 1. The van der Waals surface area contributed by atoms with Crippen LogP contribution in [0.1, 0.15) is 31.4 Å². The molecule has 1 heterocycles. The Kier molecular flexibility index (Phi) is 5.08. The Balaban J connectivity index is 1.90. The maximum absolute atomic E-state index is 11.9. The molecule has 1 saturated heterocycles. The first kappa shape index (κ1) is 14.6. The number of nitrogens with one attached hydrogen (secondary N) is 2. The van der Waals surface area contributed by atoms with Gasteiger partial charge in [-0.2, -0.15) is 0 Å². The minimum atomic E-state index is -0.0587. The van der Waals surface area contributed by atoms with Crippen LogP contribution in [0.3, 0.4) is 0 Å². The zero-order valence-corrected chi connectivity index (χ0v) is 12.4. The van der Waals surface area contributed by atoms with Gasteiger partial charge in [0.1, 0.15) is 0 Å². The largest absolute Gasteiger partial charge is 0.350 e. The third kappa shape index (κ3) is 4.10. The lowest BCUT2D eigenvalue weighted by Crippen LogP contribution is -2.28. The number of halogens is 2. The molecule has 0 saturated carbocycles. The minimum absolute atomic E-state index is 0.0587. The van der Waals surface area contributed by atoms with Gasteiger partial charge in [-0.3, -0.25) is 4.79 Å². The van der Waals surface area contributed by atoms with E-state index in [2.05, 4.69) is 10.6 Å². The van der Waals surface area contributed by atoms with Gasteiger partial charge in [-0.25, -0.2) is 0 Å². The van der Waals surface area contributed by atoms with Gasteiger partial charge in [-0.1, -0.05) is 29.3 Å². The van der Waals surface area contributed by atoms with Crippen molar-refractivity contribution in [2.24, 2.45) is 5.92 Å². The number of rotatable bonds is 4. The van der Waals surface area contributed by atoms with Gasteiger partial charge in [0, 0.05) is 6.42 Å². The second kappa shape index (κ2) is 6.60. The summed E-state index contributed by atoms with van der Waals surface area (Å²) >= 11 is 11.9. The van der Waals surface area contributed by atoms with E-state index in [1.54, 1.807) is 12.1 Å². The second-order valence-corrected chi connectivity index (χ2v) is 5.84. The van der Waals surface area contributed by atoms with Crippen LogP contribution in [0.4, 0.5) is 0 Å². The molecule has 1 aliphatic heterocycles. The number of carbonyl (C=O) groups excluding carboxylic acids is 1. The molecule has 1 aliphatic rings. The Bertz CT molecular complexity index is 459. The van der Waals surface area contributed by atoms with Crippen molar-refractivity contribution in [1.82, 2.24) is 10.6 Å². The summed E-state index contributed by atoms with van der Waals surface area (Å²) in [7, 11) is 0. The summed E-state index contributed by atoms with van der Waals surface area (Å²) < 4.78 is 0. The first-order valence-electron chi connectivity index (χ1n) is 6.51. The molecule has 2 atom stereocenters. The van der Waals surface area contributed by atoms with Crippen molar-refractivity contribution in [2.45, 2.75) is 25.8 Å². The van der Waals surface area contributed by atoms with Gasteiger partial charge in [0.05, 0.1) is 16.1 Å². The number of carbonyl (C=O) groups is 1. The maximum atomic E-state index is 11.9. The van der Waals surface area contributed by atoms with Crippen LogP contribution < -0.4 is 10.6 Å². The van der Waals surface area contributed by atoms with Crippen molar-refractivity contribution < 1.29 is 4.79 Å². The van der Waals surface area contributed by atoms with Crippen LogP contribution in [0.5, 0.6) is 0 Å². The van der Waals surface area contributed by atoms with E-state index in [9.17, 15) is 4.79 Å². The third-order valence-electron chi connectivity index (χ3n) is 3.46. The number of benzene rings is 1. The Labute approximate surface area is 123 Å². The number of hydrogen-bond donors (Lipinski definition) is 2. The van der Waals surface area contributed by atoms with Crippen LogP contribution in [0.25, 0.3) is 0 Å². The van der Waals surface area contributed by atoms with Crippen LogP contribution in [0.2, 0.25) is 10.0 Å². The Morgan fingerprint density at radius 2 is 2.26 bits per heavy atom. The highest BCUT2D eigenvalue weighted by Crippen LogP contribution is 2.25. The Morgan fingerprint density at radius 1 is 1.47 bits per heavy atom. The summed E-state index contributed by atoms with van der Waals surface area (Å²) in [6.07, 6.45) is 1.66. The van der Waals surface area contributed by atoms with Crippen molar-refractivity contribution in [2.75, 3.05) is 13.1 Å². The summed E-state index contributed by atoms with van der Waals surface area (Å²) in [6, 6.07) is 5.38. The summed E-state index contributed by atoms with van der Waals surface area (Å²) in [6.45, 7) is 3.90. The van der Waals surface area contributed by atoms with E-state index >= 15 is 0 Å². The van der Waals surface area contributed by atoms with Crippen LogP contribution in [-0.2, 0) is 4.79 Å². The van der Waals surface area contributed by atoms with Crippen molar-refractivity contribution in [1.29, 1.82) is 0 Å². The highest BCUT2D eigenvalue weighted by molar-refractivity contribution is 6.42. The lowest BCUT2D eigenvalue weighted by Gasteiger charge is -2.16. The van der Waals surface area contributed by atoms with Crippen LogP contribution in [0.15, 0.2) is 18.2 Å². The predicted molar refractivity (Wildman–Crippen MR) is 78.6 cm³/mol. The van der Waals surface area contributed by atoms with Gasteiger partial charge in [0.15, 0.2) is 0 Å². The van der Waals surface area contributed by atoms with Crippen LogP contribution >= 0.6 is 23.2 Å². The molecule has 0 bridgehead atoms. The normalized spacial score (nSPS) is 20.3. The van der Waals surface area contributed by atoms with Gasteiger partial charge in [-0.15, -0.1) is 0 Å². The van der Waals surface area contributed by atoms with E-state index < -0.39 is 0 Å². The molecular formula is C14H18Cl2N2O. The van der Waals surface area contributed by atoms with Crippen LogP contribution in [-0.4, -0.2) is 19.0 Å². The molecule has 0 spiro atoms. The first-order valence-corrected chi connectivity index (χ1v) is 7.27. The monoisotopic (exact) mass is 300 g/mol. The highest BCUT2D eigenvalue weighted by atomic mass is 35.5. The molecular weight excluding hydrogens is 283 g/mol. The maximum Gasteiger partial charge on any atom is 0.220 e. The molecule has 0 radical (unpaired) electrons. The van der Waals surface area contributed by atoms with Gasteiger partial charge in [0.25, 0.3) is 0 Å².